The van der Waals surface area contributed by atoms with Crippen molar-refractivity contribution in [3.8, 4) is 0 Å². The molecule has 114 valence electrons. The van der Waals surface area contributed by atoms with Gasteiger partial charge in [-0.2, -0.15) is 5.10 Å². The number of nitrogens with one attached hydrogen (secondary N) is 1. The Hall–Kier alpha value is -1.85. The van der Waals surface area contributed by atoms with Crippen molar-refractivity contribution in [2.75, 3.05) is 13.1 Å². The SMILES string of the molecule is O=C1N[C@H]2CCC[C@@H]1CN(C(=O)CCCn1cccn1)C2. The summed E-state index contributed by atoms with van der Waals surface area (Å²) in [5.74, 6) is 0.271. The Balaban J connectivity index is 1.53. The van der Waals surface area contributed by atoms with Crippen LogP contribution in [0.5, 0.6) is 0 Å². The number of hydrogen-bond donors (Lipinski definition) is 1. The number of amides is 2. The molecule has 2 amide bonds. The van der Waals surface area contributed by atoms with Crippen molar-refractivity contribution >= 4 is 11.8 Å². The van der Waals surface area contributed by atoms with Crippen molar-refractivity contribution < 1.29 is 9.59 Å². The van der Waals surface area contributed by atoms with E-state index in [1.807, 2.05) is 21.8 Å². The molecule has 0 spiro atoms. The average molecular weight is 290 g/mol. The van der Waals surface area contributed by atoms with Gasteiger partial charge in [0.1, 0.15) is 0 Å². The Kier molecular flexibility index (Phi) is 4.22. The highest BCUT2D eigenvalue weighted by molar-refractivity contribution is 5.82. The van der Waals surface area contributed by atoms with Gasteiger partial charge in [0.05, 0.1) is 5.92 Å². The average Bonchev–Trinajstić information content (AvgIpc) is 2.82. The molecule has 0 saturated carbocycles. The summed E-state index contributed by atoms with van der Waals surface area (Å²) in [6, 6.07) is 2.02. The Labute approximate surface area is 124 Å². The second-order valence-electron chi connectivity index (χ2n) is 6.00. The van der Waals surface area contributed by atoms with E-state index < -0.39 is 0 Å². The lowest BCUT2D eigenvalue weighted by Gasteiger charge is -2.27. The molecule has 3 rings (SSSR count). The van der Waals surface area contributed by atoms with Gasteiger partial charge in [-0.3, -0.25) is 14.3 Å². The van der Waals surface area contributed by atoms with Crippen LogP contribution in [0.4, 0.5) is 0 Å². The predicted octanol–water partition coefficient (Wildman–Crippen LogP) is 0.790. The highest BCUT2D eigenvalue weighted by atomic mass is 16.2. The topological polar surface area (TPSA) is 67.2 Å². The van der Waals surface area contributed by atoms with Crippen LogP contribution in [-0.4, -0.2) is 45.6 Å². The van der Waals surface area contributed by atoms with E-state index in [2.05, 4.69) is 10.4 Å². The summed E-state index contributed by atoms with van der Waals surface area (Å²) in [5, 5.41) is 7.19. The van der Waals surface area contributed by atoms with Gasteiger partial charge >= 0.3 is 0 Å². The molecule has 6 heteroatoms. The van der Waals surface area contributed by atoms with Crippen molar-refractivity contribution in [1.29, 1.82) is 0 Å². The van der Waals surface area contributed by atoms with Crippen LogP contribution >= 0.6 is 0 Å². The summed E-state index contributed by atoms with van der Waals surface area (Å²) < 4.78 is 1.84. The summed E-state index contributed by atoms with van der Waals surface area (Å²) in [5.41, 5.74) is 0. The lowest BCUT2D eigenvalue weighted by atomic mass is 9.99. The minimum atomic E-state index is -0.0208. The smallest absolute Gasteiger partial charge is 0.225 e. The number of hydrogen-bond acceptors (Lipinski definition) is 3. The first-order valence-electron chi connectivity index (χ1n) is 7.78. The van der Waals surface area contributed by atoms with Crippen molar-refractivity contribution in [3.63, 3.8) is 0 Å². The van der Waals surface area contributed by atoms with Crippen LogP contribution in [0.25, 0.3) is 0 Å². The van der Waals surface area contributed by atoms with E-state index in [1.54, 1.807) is 6.20 Å². The van der Waals surface area contributed by atoms with E-state index in [0.29, 0.717) is 19.5 Å². The highest BCUT2D eigenvalue weighted by Crippen LogP contribution is 2.22. The van der Waals surface area contributed by atoms with Crippen LogP contribution in [0.3, 0.4) is 0 Å². The molecule has 2 aliphatic heterocycles. The molecule has 2 fully saturated rings. The largest absolute Gasteiger partial charge is 0.351 e. The molecule has 1 N–H and O–H groups in total. The van der Waals surface area contributed by atoms with Gasteiger partial charge in [-0.25, -0.2) is 0 Å². The molecule has 2 bridgehead atoms. The molecule has 2 aliphatic rings. The highest BCUT2D eigenvalue weighted by Gasteiger charge is 2.33. The molecular formula is C15H22N4O2. The standard InChI is InChI=1S/C15H22N4O2/c20-14(6-2-8-19-9-3-7-16-19)18-10-12-4-1-5-13(11-18)17-15(12)21/h3,7,9,12-13H,1-2,4-6,8,10-11H2,(H,17,21)/t12-,13+/m1/s1. The van der Waals surface area contributed by atoms with Crippen LogP contribution in [0.1, 0.15) is 32.1 Å². The molecule has 2 atom stereocenters. The zero-order chi connectivity index (χ0) is 14.7. The van der Waals surface area contributed by atoms with Crippen molar-refractivity contribution in [2.24, 2.45) is 5.92 Å². The van der Waals surface area contributed by atoms with Gasteiger partial charge in [-0.1, -0.05) is 6.42 Å². The maximum Gasteiger partial charge on any atom is 0.225 e. The Morgan fingerprint density at radius 3 is 3.10 bits per heavy atom. The normalized spacial score (nSPS) is 25.3. The van der Waals surface area contributed by atoms with Gasteiger partial charge < -0.3 is 10.2 Å². The molecule has 1 aromatic rings. The molecule has 1 aromatic heterocycles. The Bertz CT molecular complexity index is 500. The number of likely N-dealkylation sites (tertiary alicyclic amines) is 1. The Morgan fingerprint density at radius 1 is 1.38 bits per heavy atom. The number of fused-ring (bicyclic) bond motifs is 3. The van der Waals surface area contributed by atoms with E-state index in [9.17, 15) is 9.59 Å². The van der Waals surface area contributed by atoms with Crippen LogP contribution in [0, 0.1) is 5.92 Å². The second-order valence-corrected chi connectivity index (χ2v) is 6.00. The third kappa shape index (κ3) is 3.43. The predicted molar refractivity (Wildman–Crippen MR) is 77.3 cm³/mol. The minimum absolute atomic E-state index is 0.0208. The first-order chi connectivity index (χ1) is 10.2. The number of carbonyl (C=O) groups excluding carboxylic acids is 2. The van der Waals surface area contributed by atoms with Crippen LogP contribution in [-0.2, 0) is 16.1 Å². The number of carbonyl (C=O) groups is 2. The van der Waals surface area contributed by atoms with Gasteiger partial charge in [0.2, 0.25) is 11.8 Å². The zero-order valence-corrected chi connectivity index (χ0v) is 12.2. The third-order valence-corrected chi connectivity index (χ3v) is 4.39. The van der Waals surface area contributed by atoms with Gasteiger partial charge in [0.15, 0.2) is 0 Å². The summed E-state index contributed by atoms with van der Waals surface area (Å²) in [4.78, 5) is 26.2. The number of rotatable bonds is 4. The summed E-state index contributed by atoms with van der Waals surface area (Å²) in [7, 11) is 0. The third-order valence-electron chi connectivity index (χ3n) is 4.39. The maximum absolute atomic E-state index is 12.4. The summed E-state index contributed by atoms with van der Waals surface area (Å²) in [6.45, 7) is 2.02. The van der Waals surface area contributed by atoms with Crippen LogP contribution in [0.2, 0.25) is 0 Å². The van der Waals surface area contributed by atoms with Crippen LogP contribution in [0.15, 0.2) is 18.5 Å². The van der Waals surface area contributed by atoms with Crippen molar-refractivity contribution in [3.05, 3.63) is 18.5 Å². The summed E-state index contributed by atoms with van der Waals surface area (Å²) >= 11 is 0. The molecule has 2 saturated heterocycles. The van der Waals surface area contributed by atoms with Gasteiger partial charge in [-0.15, -0.1) is 0 Å². The zero-order valence-electron chi connectivity index (χ0n) is 12.2. The minimum Gasteiger partial charge on any atom is -0.351 e. The molecular weight excluding hydrogens is 268 g/mol. The molecule has 0 aromatic carbocycles. The van der Waals surface area contributed by atoms with Gasteiger partial charge in [0, 0.05) is 44.5 Å². The van der Waals surface area contributed by atoms with E-state index in [0.717, 1.165) is 32.2 Å². The summed E-state index contributed by atoms with van der Waals surface area (Å²) in [6.07, 6.45) is 7.92. The fraction of sp³-hybridized carbons (Fsp3) is 0.667. The number of aryl methyl sites for hydroxylation is 1. The van der Waals surface area contributed by atoms with Gasteiger partial charge in [0.25, 0.3) is 0 Å². The fourth-order valence-electron chi connectivity index (χ4n) is 3.24. The van der Waals surface area contributed by atoms with E-state index in [1.165, 1.54) is 0 Å². The van der Waals surface area contributed by atoms with E-state index in [-0.39, 0.29) is 23.8 Å². The monoisotopic (exact) mass is 290 g/mol. The lowest BCUT2D eigenvalue weighted by molar-refractivity contribution is -0.132. The van der Waals surface area contributed by atoms with Crippen molar-refractivity contribution in [1.82, 2.24) is 20.0 Å². The lowest BCUT2D eigenvalue weighted by Crippen LogP contribution is -2.41. The van der Waals surface area contributed by atoms with E-state index in [4.69, 9.17) is 0 Å². The van der Waals surface area contributed by atoms with Crippen LogP contribution < -0.4 is 5.32 Å². The first kappa shape index (κ1) is 14.1. The number of nitrogens with zero attached hydrogens (tertiary/aromatic N) is 3. The Morgan fingerprint density at radius 2 is 2.29 bits per heavy atom. The number of aromatic nitrogens is 2. The molecule has 0 aliphatic carbocycles. The maximum atomic E-state index is 12.4. The molecule has 3 heterocycles. The molecule has 6 nitrogen and oxygen atoms in total. The van der Waals surface area contributed by atoms with Crippen molar-refractivity contribution in [2.45, 2.75) is 44.7 Å². The molecule has 21 heavy (non-hydrogen) atoms. The second kappa shape index (κ2) is 6.28. The van der Waals surface area contributed by atoms with Gasteiger partial charge in [-0.05, 0) is 25.3 Å². The fourth-order valence-corrected chi connectivity index (χ4v) is 3.24. The molecule has 0 radical (unpaired) electrons. The molecule has 0 unspecified atom stereocenters. The first-order valence-corrected chi connectivity index (χ1v) is 7.78. The van der Waals surface area contributed by atoms with E-state index >= 15 is 0 Å². The quantitative estimate of drug-likeness (QED) is 0.891.